The number of benzene rings is 1. The molecule has 0 radical (unpaired) electrons. The van der Waals surface area contributed by atoms with Gasteiger partial charge in [-0.3, -0.25) is 0 Å². The Labute approximate surface area is 130 Å². The maximum absolute atomic E-state index is 9.08. The average Bonchev–Trinajstić information content (AvgIpc) is 3.21. The Hall–Kier alpha value is -3.18. The number of aromatic nitrogens is 6. The minimum absolute atomic E-state index is 0.217. The molecule has 0 aliphatic heterocycles. The third-order valence-electron chi connectivity index (χ3n) is 2.79. The molecule has 0 amide bonds. The van der Waals surface area contributed by atoms with E-state index in [1.54, 1.807) is 23.1 Å². The molecule has 2 N–H and O–H groups in total. The van der Waals surface area contributed by atoms with Crippen LogP contribution in [0.2, 0.25) is 5.02 Å². The Morgan fingerprint density at radius 1 is 1.45 bits per heavy atom. The zero-order valence-corrected chi connectivity index (χ0v) is 11.9. The van der Waals surface area contributed by atoms with Crippen LogP contribution in [0.25, 0.3) is 11.3 Å². The summed E-state index contributed by atoms with van der Waals surface area (Å²) in [4.78, 5) is 0. The van der Waals surface area contributed by atoms with Gasteiger partial charge in [0, 0.05) is 24.3 Å². The van der Waals surface area contributed by atoms with E-state index in [1.165, 1.54) is 6.20 Å². The molecule has 0 atom stereocenters. The molecule has 2 heterocycles. The number of aromatic amines is 1. The number of nitrogens with zero attached hydrogens (tertiary/aromatic N) is 6. The standard InChI is InChI=1S/C13H9ClN8/c14-11-6-10(2-3-12(11)22-5-1-4-17-22)16-8-9(7-15)13-18-20-21-19-13/h1-6,8,16H,(H,18,19,20,21). The normalized spacial score (nSPS) is 11.2. The fourth-order valence-corrected chi connectivity index (χ4v) is 2.04. The van der Waals surface area contributed by atoms with Crippen molar-refractivity contribution >= 4 is 22.9 Å². The number of H-pyrrole nitrogens is 1. The van der Waals surface area contributed by atoms with E-state index >= 15 is 0 Å². The van der Waals surface area contributed by atoms with Crippen molar-refractivity contribution in [1.82, 2.24) is 30.4 Å². The summed E-state index contributed by atoms with van der Waals surface area (Å²) in [5, 5.41) is 29.9. The van der Waals surface area contributed by atoms with E-state index in [1.807, 2.05) is 24.3 Å². The molecule has 3 rings (SSSR count). The maximum atomic E-state index is 9.08. The summed E-state index contributed by atoms with van der Waals surface area (Å²) >= 11 is 6.24. The number of hydrogen-bond acceptors (Lipinski definition) is 6. The molecule has 8 nitrogen and oxygen atoms in total. The van der Waals surface area contributed by atoms with E-state index in [9.17, 15) is 0 Å². The molecule has 0 bridgehead atoms. The summed E-state index contributed by atoms with van der Waals surface area (Å²) in [6, 6.07) is 9.19. The number of anilines is 1. The van der Waals surface area contributed by atoms with Crippen LogP contribution in [-0.2, 0) is 0 Å². The van der Waals surface area contributed by atoms with Gasteiger partial charge in [0.1, 0.15) is 11.6 Å². The van der Waals surface area contributed by atoms with Crippen LogP contribution < -0.4 is 5.32 Å². The highest BCUT2D eigenvalue weighted by molar-refractivity contribution is 6.32. The molecule has 1 aromatic carbocycles. The van der Waals surface area contributed by atoms with Crippen molar-refractivity contribution in [1.29, 1.82) is 5.26 Å². The average molecular weight is 313 g/mol. The smallest absolute Gasteiger partial charge is 0.216 e. The fourth-order valence-electron chi connectivity index (χ4n) is 1.77. The van der Waals surface area contributed by atoms with E-state index in [0.29, 0.717) is 5.02 Å². The molecule has 0 saturated carbocycles. The predicted octanol–water partition coefficient (Wildman–Crippen LogP) is 2.02. The van der Waals surface area contributed by atoms with Gasteiger partial charge >= 0.3 is 0 Å². The lowest BCUT2D eigenvalue weighted by molar-refractivity contribution is 0.881. The van der Waals surface area contributed by atoms with Crippen molar-refractivity contribution in [2.45, 2.75) is 0 Å². The van der Waals surface area contributed by atoms with Gasteiger partial charge in [-0.05, 0) is 29.5 Å². The SMILES string of the molecule is N#CC(=CNc1ccc(-n2cccn2)c(Cl)c1)c1nn[nH]n1. The topological polar surface area (TPSA) is 108 Å². The molecular weight excluding hydrogens is 304 g/mol. The van der Waals surface area contributed by atoms with E-state index in [0.717, 1.165) is 11.4 Å². The second-order valence-electron chi connectivity index (χ2n) is 4.17. The van der Waals surface area contributed by atoms with Crippen molar-refractivity contribution in [3.05, 3.63) is 53.7 Å². The molecule has 0 saturated heterocycles. The number of halogens is 1. The van der Waals surface area contributed by atoms with Gasteiger partial charge in [0.2, 0.25) is 5.82 Å². The molecule has 0 unspecified atom stereocenters. The van der Waals surface area contributed by atoms with Crippen LogP contribution in [0, 0.1) is 11.3 Å². The minimum atomic E-state index is 0.217. The first-order valence-electron chi connectivity index (χ1n) is 6.18. The quantitative estimate of drug-likeness (QED) is 0.713. The molecular formula is C13H9ClN8. The Kier molecular flexibility index (Phi) is 3.80. The number of hydrogen-bond donors (Lipinski definition) is 2. The zero-order chi connectivity index (χ0) is 15.4. The highest BCUT2D eigenvalue weighted by Gasteiger charge is 2.07. The monoisotopic (exact) mass is 312 g/mol. The van der Waals surface area contributed by atoms with Crippen molar-refractivity contribution in [3.8, 4) is 11.8 Å². The lowest BCUT2D eigenvalue weighted by atomic mass is 10.2. The van der Waals surface area contributed by atoms with Crippen molar-refractivity contribution in [2.24, 2.45) is 0 Å². The second kappa shape index (κ2) is 6.07. The third-order valence-corrected chi connectivity index (χ3v) is 3.09. The Morgan fingerprint density at radius 3 is 3.00 bits per heavy atom. The summed E-state index contributed by atoms with van der Waals surface area (Å²) < 4.78 is 1.67. The Bertz CT molecular complexity index is 830. The molecule has 0 fully saturated rings. The Morgan fingerprint density at radius 2 is 2.36 bits per heavy atom. The summed E-state index contributed by atoms with van der Waals surface area (Å²) in [6.45, 7) is 0. The summed E-state index contributed by atoms with van der Waals surface area (Å²) in [6.07, 6.45) is 4.97. The third kappa shape index (κ3) is 2.79. The van der Waals surface area contributed by atoms with Crippen LogP contribution in [0.1, 0.15) is 5.82 Å². The van der Waals surface area contributed by atoms with Gasteiger partial charge in [-0.2, -0.15) is 15.6 Å². The fraction of sp³-hybridized carbons (Fsp3) is 0. The minimum Gasteiger partial charge on any atom is -0.360 e. The van der Waals surface area contributed by atoms with Crippen LogP contribution in [0.3, 0.4) is 0 Å². The predicted molar refractivity (Wildman–Crippen MR) is 80.0 cm³/mol. The molecule has 0 aliphatic rings. The highest BCUT2D eigenvalue weighted by Crippen LogP contribution is 2.24. The molecule has 108 valence electrons. The molecule has 0 spiro atoms. The lowest BCUT2D eigenvalue weighted by Gasteiger charge is -2.07. The summed E-state index contributed by atoms with van der Waals surface area (Å²) in [5.41, 5.74) is 1.73. The van der Waals surface area contributed by atoms with E-state index in [2.05, 4.69) is 31.0 Å². The number of rotatable bonds is 4. The first-order chi connectivity index (χ1) is 10.8. The molecule has 3 aromatic rings. The number of nitrogens with one attached hydrogen (secondary N) is 2. The lowest BCUT2D eigenvalue weighted by Crippen LogP contribution is -1.97. The van der Waals surface area contributed by atoms with Gasteiger partial charge in [0.15, 0.2) is 0 Å². The van der Waals surface area contributed by atoms with Crippen LogP contribution >= 0.6 is 11.6 Å². The number of nitriles is 1. The second-order valence-corrected chi connectivity index (χ2v) is 4.57. The van der Waals surface area contributed by atoms with Crippen LogP contribution in [-0.4, -0.2) is 30.4 Å². The van der Waals surface area contributed by atoms with E-state index < -0.39 is 0 Å². The van der Waals surface area contributed by atoms with Crippen LogP contribution in [0.4, 0.5) is 5.69 Å². The van der Waals surface area contributed by atoms with Gasteiger partial charge in [0.25, 0.3) is 0 Å². The van der Waals surface area contributed by atoms with Crippen LogP contribution in [0.15, 0.2) is 42.9 Å². The van der Waals surface area contributed by atoms with Crippen molar-refractivity contribution < 1.29 is 0 Å². The van der Waals surface area contributed by atoms with Gasteiger partial charge in [-0.15, -0.1) is 10.2 Å². The van der Waals surface area contributed by atoms with Crippen LogP contribution in [0.5, 0.6) is 0 Å². The number of tetrazole rings is 1. The molecule has 22 heavy (non-hydrogen) atoms. The van der Waals surface area contributed by atoms with Crippen molar-refractivity contribution in [2.75, 3.05) is 5.32 Å². The summed E-state index contributed by atoms with van der Waals surface area (Å²) in [5.74, 6) is 0.217. The van der Waals surface area contributed by atoms with Crippen molar-refractivity contribution in [3.63, 3.8) is 0 Å². The van der Waals surface area contributed by atoms with Gasteiger partial charge in [0.05, 0.1) is 10.7 Å². The maximum Gasteiger partial charge on any atom is 0.216 e. The first-order valence-corrected chi connectivity index (χ1v) is 6.56. The zero-order valence-electron chi connectivity index (χ0n) is 11.1. The van der Waals surface area contributed by atoms with E-state index in [4.69, 9.17) is 16.9 Å². The molecule has 9 heteroatoms. The van der Waals surface area contributed by atoms with Gasteiger partial charge in [-0.1, -0.05) is 11.6 Å². The first kappa shape index (κ1) is 13.8. The Balaban J connectivity index is 1.82. The molecule has 2 aromatic heterocycles. The van der Waals surface area contributed by atoms with Gasteiger partial charge in [-0.25, -0.2) is 4.68 Å². The highest BCUT2D eigenvalue weighted by atomic mass is 35.5. The van der Waals surface area contributed by atoms with E-state index in [-0.39, 0.29) is 11.4 Å². The largest absolute Gasteiger partial charge is 0.360 e. The summed E-state index contributed by atoms with van der Waals surface area (Å²) in [7, 11) is 0. The molecule has 0 aliphatic carbocycles. The van der Waals surface area contributed by atoms with Gasteiger partial charge < -0.3 is 5.32 Å². The number of allylic oxidation sites excluding steroid dienone is 1.